The number of rotatable bonds is 3. The molecule has 1 saturated heterocycles. The third kappa shape index (κ3) is 3.19. The number of anilines is 1. The van der Waals surface area contributed by atoms with Gasteiger partial charge in [0, 0.05) is 36.8 Å². The lowest BCUT2D eigenvalue weighted by Gasteiger charge is -2.16. The fourth-order valence-corrected chi connectivity index (χ4v) is 2.01. The van der Waals surface area contributed by atoms with Crippen molar-refractivity contribution in [2.24, 2.45) is 0 Å². The first-order valence-electron chi connectivity index (χ1n) is 5.93. The van der Waals surface area contributed by atoms with E-state index in [1.807, 2.05) is 0 Å². The number of carbonyl (C=O) groups excluding carboxylic acids is 1. The standard InChI is InChI=1S/C12H15N3O3/c16-12-8-10(2-1-7-13-12)14-9-3-5-11(6-4-9)15(17)18/h3-6,10,14H,1-2,7-8H2,(H,13,16). The van der Waals surface area contributed by atoms with Gasteiger partial charge in [0.15, 0.2) is 0 Å². The molecular weight excluding hydrogens is 234 g/mol. The van der Waals surface area contributed by atoms with Gasteiger partial charge >= 0.3 is 0 Å². The summed E-state index contributed by atoms with van der Waals surface area (Å²) in [6.45, 7) is 0.720. The first-order chi connectivity index (χ1) is 8.65. The van der Waals surface area contributed by atoms with Crippen LogP contribution in [0, 0.1) is 10.1 Å². The molecule has 0 bridgehead atoms. The molecule has 0 aliphatic carbocycles. The first kappa shape index (κ1) is 12.3. The molecule has 1 aliphatic rings. The number of benzene rings is 1. The average molecular weight is 249 g/mol. The summed E-state index contributed by atoms with van der Waals surface area (Å²) < 4.78 is 0. The van der Waals surface area contributed by atoms with Crippen LogP contribution in [0.4, 0.5) is 11.4 Å². The van der Waals surface area contributed by atoms with Crippen LogP contribution < -0.4 is 10.6 Å². The van der Waals surface area contributed by atoms with Gasteiger partial charge in [-0.1, -0.05) is 0 Å². The minimum Gasteiger partial charge on any atom is -0.382 e. The second-order valence-corrected chi connectivity index (χ2v) is 4.34. The van der Waals surface area contributed by atoms with Gasteiger partial charge in [-0.25, -0.2) is 0 Å². The summed E-state index contributed by atoms with van der Waals surface area (Å²) in [6, 6.07) is 6.34. The zero-order valence-corrected chi connectivity index (χ0v) is 9.89. The van der Waals surface area contributed by atoms with Gasteiger partial charge in [-0.3, -0.25) is 14.9 Å². The molecule has 1 atom stereocenters. The van der Waals surface area contributed by atoms with Crippen molar-refractivity contribution in [2.75, 3.05) is 11.9 Å². The third-order valence-electron chi connectivity index (χ3n) is 2.93. The summed E-state index contributed by atoms with van der Waals surface area (Å²) in [5.74, 6) is 0.0481. The van der Waals surface area contributed by atoms with Crippen LogP contribution in [0.2, 0.25) is 0 Å². The van der Waals surface area contributed by atoms with Crippen molar-refractivity contribution >= 4 is 17.3 Å². The van der Waals surface area contributed by atoms with Gasteiger partial charge in [0.25, 0.3) is 5.69 Å². The fourth-order valence-electron chi connectivity index (χ4n) is 2.01. The molecule has 1 amide bonds. The van der Waals surface area contributed by atoms with Gasteiger partial charge in [0.2, 0.25) is 5.91 Å². The maximum Gasteiger partial charge on any atom is 0.269 e. The number of nitrogens with one attached hydrogen (secondary N) is 2. The number of hydrogen-bond acceptors (Lipinski definition) is 4. The number of non-ortho nitro benzene ring substituents is 1. The van der Waals surface area contributed by atoms with Gasteiger partial charge in [0.05, 0.1) is 4.92 Å². The summed E-state index contributed by atoms with van der Waals surface area (Å²) in [4.78, 5) is 21.5. The van der Waals surface area contributed by atoms with Crippen LogP contribution in [0.25, 0.3) is 0 Å². The van der Waals surface area contributed by atoms with Crippen LogP contribution in [0.1, 0.15) is 19.3 Å². The van der Waals surface area contributed by atoms with E-state index in [1.165, 1.54) is 12.1 Å². The van der Waals surface area contributed by atoms with Crippen LogP contribution >= 0.6 is 0 Å². The molecule has 0 radical (unpaired) electrons. The average Bonchev–Trinajstić information content (AvgIpc) is 2.54. The highest BCUT2D eigenvalue weighted by atomic mass is 16.6. The second-order valence-electron chi connectivity index (χ2n) is 4.34. The molecule has 0 spiro atoms. The van der Waals surface area contributed by atoms with Crippen LogP contribution in [-0.2, 0) is 4.79 Å². The SMILES string of the molecule is O=C1CC(Nc2ccc([N+](=O)[O-])cc2)CCCN1. The quantitative estimate of drug-likeness (QED) is 0.630. The highest BCUT2D eigenvalue weighted by Crippen LogP contribution is 2.18. The Morgan fingerprint density at radius 1 is 1.33 bits per heavy atom. The molecule has 0 saturated carbocycles. The molecule has 2 rings (SSSR count). The van der Waals surface area contributed by atoms with Crippen LogP contribution in [-0.4, -0.2) is 23.4 Å². The predicted octanol–water partition coefficient (Wildman–Crippen LogP) is 1.68. The molecule has 1 aromatic rings. The smallest absolute Gasteiger partial charge is 0.269 e. The molecule has 1 aromatic carbocycles. The lowest BCUT2D eigenvalue weighted by Crippen LogP contribution is -2.26. The number of amides is 1. The van der Waals surface area contributed by atoms with E-state index in [0.717, 1.165) is 25.1 Å². The number of nitro benzene ring substituents is 1. The van der Waals surface area contributed by atoms with Crippen LogP contribution in [0.3, 0.4) is 0 Å². The van der Waals surface area contributed by atoms with Crippen molar-refractivity contribution in [3.63, 3.8) is 0 Å². The molecular formula is C12H15N3O3. The largest absolute Gasteiger partial charge is 0.382 e. The van der Waals surface area contributed by atoms with Gasteiger partial charge in [-0.05, 0) is 25.0 Å². The van der Waals surface area contributed by atoms with Gasteiger partial charge in [-0.2, -0.15) is 0 Å². The van der Waals surface area contributed by atoms with E-state index in [4.69, 9.17) is 0 Å². The van der Waals surface area contributed by atoms with Crippen molar-refractivity contribution in [2.45, 2.75) is 25.3 Å². The molecule has 6 nitrogen and oxygen atoms in total. The van der Waals surface area contributed by atoms with E-state index in [9.17, 15) is 14.9 Å². The summed E-state index contributed by atoms with van der Waals surface area (Å²) in [7, 11) is 0. The summed E-state index contributed by atoms with van der Waals surface area (Å²) in [5.41, 5.74) is 0.874. The van der Waals surface area contributed by atoms with Crippen LogP contribution in [0.15, 0.2) is 24.3 Å². The summed E-state index contributed by atoms with van der Waals surface area (Å²) in [6.07, 6.45) is 2.29. The van der Waals surface area contributed by atoms with Crippen molar-refractivity contribution < 1.29 is 9.72 Å². The molecule has 2 N–H and O–H groups in total. The number of carbonyl (C=O) groups is 1. The fraction of sp³-hybridized carbons (Fsp3) is 0.417. The van der Waals surface area contributed by atoms with Crippen molar-refractivity contribution in [3.05, 3.63) is 34.4 Å². The molecule has 1 aliphatic heterocycles. The molecule has 0 aromatic heterocycles. The Bertz CT molecular complexity index is 444. The first-order valence-corrected chi connectivity index (χ1v) is 5.93. The van der Waals surface area contributed by atoms with E-state index in [0.29, 0.717) is 6.42 Å². The minimum absolute atomic E-state index is 0.0481. The molecule has 18 heavy (non-hydrogen) atoms. The molecule has 1 fully saturated rings. The number of hydrogen-bond donors (Lipinski definition) is 2. The zero-order chi connectivity index (χ0) is 13.0. The van der Waals surface area contributed by atoms with Gasteiger partial charge in [0.1, 0.15) is 0 Å². The Labute approximate surface area is 105 Å². The van der Waals surface area contributed by atoms with Crippen molar-refractivity contribution in [1.29, 1.82) is 0 Å². The van der Waals surface area contributed by atoms with E-state index in [-0.39, 0.29) is 17.6 Å². The predicted molar refractivity (Wildman–Crippen MR) is 67.4 cm³/mol. The van der Waals surface area contributed by atoms with E-state index < -0.39 is 4.92 Å². The second kappa shape index (κ2) is 5.48. The Morgan fingerprint density at radius 2 is 2.06 bits per heavy atom. The topological polar surface area (TPSA) is 84.3 Å². The lowest BCUT2D eigenvalue weighted by molar-refractivity contribution is -0.384. The monoisotopic (exact) mass is 249 g/mol. The molecule has 1 heterocycles. The Balaban J connectivity index is 1.99. The highest BCUT2D eigenvalue weighted by Gasteiger charge is 2.17. The normalized spacial score (nSPS) is 19.8. The van der Waals surface area contributed by atoms with Crippen molar-refractivity contribution in [1.82, 2.24) is 5.32 Å². The van der Waals surface area contributed by atoms with E-state index >= 15 is 0 Å². The summed E-state index contributed by atoms with van der Waals surface area (Å²) >= 11 is 0. The Morgan fingerprint density at radius 3 is 2.72 bits per heavy atom. The van der Waals surface area contributed by atoms with E-state index in [1.54, 1.807) is 12.1 Å². The maximum atomic E-state index is 11.4. The minimum atomic E-state index is -0.428. The van der Waals surface area contributed by atoms with Gasteiger partial charge < -0.3 is 10.6 Å². The molecule has 96 valence electrons. The van der Waals surface area contributed by atoms with E-state index in [2.05, 4.69) is 10.6 Å². The Kier molecular flexibility index (Phi) is 3.76. The molecule has 6 heteroatoms. The Hall–Kier alpha value is -2.11. The molecule has 1 unspecified atom stereocenters. The zero-order valence-electron chi connectivity index (χ0n) is 9.89. The van der Waals surface area contributed by atoms with Gasteiger partial charge in [-0.15, -0.1) is 0 Å². The third-order valence-corrected chi connectivity index (χ3v) is 2.93. The van der Waals surface area contributed by atoms with Crippen molar-refractivity contribution in [3.8, 4) is 0 Å². The van der Waals surface area contributed by atoms with Crippen LogP contribution in [0.5, 0.6) is 0 Å². The number of nitrogens with zero attached hydrogens (tertiary/aromatic N) is 1. The number of nitro groups is 1. The maximum absolute atomic E-state index is 11.4. The summed E-state index contributed by atoms with van der Waals surface area (Å²) in [5, 5.41) is 16.6. The lowest BCUT2D eigenvalue weighted by atomic mass is 10.1. The highest BCUT2D eigenvalue weighted by molar-refractivity contribution is 5.77.